The summed E-state index contributed by atoms with van der Waals surface area (Å²) in [5.41, 5.74) is -0.0218. The van der Waals surface area contributed by atoms with Crippen molar-refractivity contribution in [3.8, 4) is 0 Å². The number of aliphatic imine (C=N–C) groups is 1. The zero-order valence-corrected chi connectivity index (χ0v) is 15.5. The van der Waals surface area contributed by atoms with Gasteiger partial charge in [-0.15, -0.1) is 0 Å². The summed E-state index contributed by atoms with van der Waals surface area (Å²) in [6.07, 6.45) is 4.62. The van der Waals surface area contributed by atoms with E-state index >= 15 is 0 Å². The number of nitrogens with zero attached hydrogens (tertiary/aromatic N) is 4. The fourth-order valence-electron chi connectivity index (χ4n) is 3.73. The molecule has 3 atom stereocenters. The second-order valence-corrected chi connectivity index (χ2v) is 7.62. The van der Waals surface area contributed by atoms with Crippen molar-refractivity contribution in [2.24, 2.45) is 10.4 Å². The summed E-state index contributed by atoms with van der Waals surface area (Å²) >= 11 is 0. The standard InChI is InChI=1S/C17H30N6O/c1-6-18-15(22-13-9-17(4,24-5)16(13,2)3)21-12-7-8-14-19-11-20-23(14)10-12/h11-13H,6-10H2,1-5H3,(H2,18,21,22). The summed E-state index contributed by atoms with van der Waals surface area (Å²) in [4.78, 5) is 8.92. The molecular formula is C17H30N6O. The molecule has 1 aromatic heterocycles. The van der Waals surface area contributed by atoms with E-state index in [4.69, 9.17) is 4.74 Å². The Bertz CT molecular complexity index is 610. The van der Waals surface area contributed by atoms with Crippen LogP contribution in [0.15, 0.2) is 11.3 Å². The van der Waals surface area contributed by atoms with Gasteiger partial charge in [0.05, 0.1) is 12.1 Å². The van der Waals surface area contributed by atoms with Gasteiger partial charge in [0.15, 0.2) is 5.96 Å². The van der Waals surface area contributed by atoms with Gasteiger partial charge in [0.25, 0.3) is 0 Å². The Kier molecular flexibility index (Phi) is 4.55. The summed E-state index contributed by atoms with van der Waals surface area (Å²) in [7, 11) is 1.80. The van der Waals surface area contributed by atoms with Crippen LogP contribution < -0.4 is 10.6 Å². The molecule has 1 fully saturated rings. The Balaban J connectivity index is 1.62. The van der Waals surface area contributed by atoms with Crippen LogP contribution in [0.2, 0.25) is 0 Å². The molecule has 7 heteroatoms. The summed E-state index contributed by atoms with van der Waals surface area (Å²) in [6, 6.07) is 0.680. The van der Waals surface area contributed by atoms with E-state index in [2.05, 4.69) is 53.4 Å². The van der Waals surface area contributed by atoms with E-state index in [0.717, 1.165) is 44.1 Å². The molecule has 3 unspecified atom stereocenters. The predicted molar refractivity (Wildman–Crippen MR) is 94.0 cm³/mol. The molecule has 134 valence electrons. The minimum absolute atomic E-state index is 0.0591. The van der Waals surface area contributed by atoms with Gasteiger partial charge in [-0.3, -0.25) is 4.99 Å². The number of aromatic nitrogens is 3. The van der Waals surface area contributed by atoms with Crippen molar-refractivity contribution in [2.75, 3.05) is 13.7 Å². The summed E-state index contributed by atoms with van der Waals surface area (Å²) < 4.78 is 7.71. The van der Waals surface area contributed by atoms with E-state index < -0.39 is 0 Å². The average molecular weight is 334 g/mol. The Hall–Kier alpha value is -1.63. The van der Waals surface area contributed by atoms with Gasteiger partial charge >= 0.3 is 0 Å². The predicted octanol–water partition coefficient (Wildman–Crippen LogP) is 1.35. The molecule has 1 aromatic rings. The normalized spacial score (nSPS) is 32.0. The molecule has 0 spiro atoms. The maximum absolute atomic E-state index is 5.72. The van der Waals surface area contributed by atoms with Gasteiger partial charge in [-0.05, 0) is 26.7 Å². The van der Waals surface area contributed by atoms with Crippen molar-refractivity contribution in [1.29, 1.82) is 0 Å². The van der Waals surface area contributed by atoms with Crippen molar-refractivity contribution >= 4 is 5.96 Å². The Morgan fingerprint density at radius 2 is 2.21 bits per heavy atom. The fraction of sp³-hybridized carbons (Fsp3) is 0.824. The zero-order valence-electron chi connectivity index (χ0n) is 15.5. The second kappa shape index (κ2) is 6.35. The lowest BCUT2D eigenvalue weighted by Gasteiger charge is -2.59. The van der Waals surface area contributed by atoms with Crippen LogP contribution in [0.3, 0.4) is 0 Å². The van der Waals surface area contributed by atoms with Gasteiger partial charge in [0.2, 0.25) is 0 Å². The maximum Gasteiger partial charge on any atom is 0.191 e. The van der Waals surface area contributed by atoms with Crippen LogP contribution >= 0.6 is 0 Å². The van der Waals surface area contributed by atoms with Crippen molar-refractivity contribution in [3.63, 3.8) is 0 Å². The van der Waals surface area contributed by atoms with Crippen LogP contribution in [0.25, 0.3) is 0 Å². The maximum atomic E-state index is 5.72. The first-order valence-electron chi connectivity index (χ1n) is 8.89. The Morgan fingerprint density at radius 1 is 1.42 bits per heavy atom. The SMILES string of the molecule is CCN=C(NC1CCc2ncnn2C1)NC1CC(C)(OC)C1(C)C. The Labute approximate surface area is 144 Å². The lowest BCUT2D eigenvalue weighted by Crippen LogP contribution is -2.70. The number of hydrogen-bond donors (Lipinski definition) is 2. The zero-order chi connectivity index (χ0) is 17.4. The van der Waals surface area contributed by atoms with E-state index in [1.54, 1.807) is 13.4 Å². The Morgan fingerprint density at radius 3 is 2.88 bits per heavy atom. The molecule has 0 bridgehead atoms. The van der Waals surface area contributed by atoms with Crippen LogP contribution in [0, 0.1) is 5.41 Å². The molecule has 0 amide bonds. The highest BCUT2D eigenvalue weighted by atomic mass is 16.5. The smallest absolute Gasteiger partial charge is 0.191 e. The van der Waals surface area contributed by atoms with Gasteiger partial charge < -0.3 is 15.4 Å². The molecule has 24 heavy (non-hydrogen) atoms. The van der Waals surface area contributed by atoms with Crippen LogP contribution in [0.5, 0.6) is 0 Å². The number of fused-ring (bicyclic) bond motifs is 1. The molecule has 1 saturated carbocycles. The van der Waals surface area contributed by atoms with Crippen LogP contribution in [0.4, 0.5) is 0 Å². The van der Waals surface area contributed by atoms with Crippen molar-refractivity contribution in [2.45, 2.75) is 71.2 Å². The van der Waals surface area contributed by atoms with E-state index in [0.29, 0.717) is 12.1 Å². The molecule has 7 nitrogen and oxygen atoms in total. The highest BCUT2D eigenvalue weighted by Gasteiger charge is 2.58. The second-order valence-electron chi connectivity index (χ2n) is 7.62. The quantitative estimate of drug-likeness (QED) is 0.642. The van der Waals surface area contributed by atoms with E-state index in [9.17, 15) is 0 Å². The highest BCUT2D eigenvalue weighted by Crippen LogP contribution is 2.51. The number of nitrogens with one attached hydrogen (secondary N) is 2. The largest absolute Gasteiger partial charge is 0.378 e. The number of guanidine groups is 1. The molecule has 2 aliphatic rings. The number of aryl methyl sites for hydroxylation is 1. The van der Waals surface area contributed by atoms with Crippen molar-refractivity contribution in [3.05, 3.63) is 12.2 Å². The molecule has 1 aliphatic heterocycles. The fourth-order valence-corrected chi connectivity index (χ4v) is 3.73. The molecule has 0 aromatic carbocycles. The number of ether oxygens (including phenoxy) is 1. The first kappa shape index (κ1) is 17.2. The average Bonchev–Trinajstić information content (AvgIpc) is 3.02. The van der Waals surface area contributed by atoms with E-state index in [1.165, 1.54) is 0 Å². The third-order valence-corrected chi connectivity index (χ3v) is 6.05. The number of hydrogen-bond acceptors (Lipinski definition) is 4. The highest BCUT2D eigenvalue weighted by molar-refractivity contribution is 5.80. The van der Waals surface area contributed by atoms with Crippen LogP contribution in [-0.4, -0.2) is 52.1 Å². The van der Waals surface area contributed by atoms with Gasteiger partial charge in [-0.2, -0.15) is 5.10 Å². The van der Waals surface area contributed by atoms with Crippen LogP contribution in [-0.2, 0) is 17.7 Å². The lowest BCUT2D eigenvalue weighted by atomic mass is 9.56. The van der Waals surface area contributed by atoms with Crippen molar-refractivity contribution < 1.29 is 4.74 Å². The minimum atomic E-state index is -0.0809. The summed E-state index contributed by atoms with van der Waals surface area (Å²) in [5.74, 6) is 1.97. The summed E-state index contributed by atoms with van der Waals surface area (Å²) in [5, 5.41) is 11.5. The molecule has 0 radical (unpaired) electrons. The number of methoxy groups -OCH3 is 1. The van der Waals surface area contributed by atoms with Gasteiger partial charge in [0, 0.05) is 37.6 Å². The molecule has 3 rings (SSSR count). The molecular weight excluding hydrogens is 304 g/mol. The van der Waals surface area contributed by atoms with E-state index in [1.807, 2.05) is 4.68 Å². The van der Waals surface area contributed by atoms with Crippen LogP contribution in [0.1, 0.15) is 46.4 Å². The first-order chi connectivity index (χ1) is 11.4. The third kappa shape index (κ3) is 2.90. The molecule has 1 aliphatic carbocycles. The number of rotatable bonds is 4. The lowest BCUT2D eigenvalue weighted by molar-refractivity contribution is -0.176. The monoisotopic (exact) mass is 334 g/mol. The van der Waals surface area contributed by atoms with E-state index in [-0.39, 0.29) is 11.0 Å². The third-order valence-electron chi connectivity index (χ3n) is 6.05. The van der Waals surface area contributed by atoms with Gasteiger partial charge in [0.1, 0.15) is 12.2 Å². The molecule has 0 saturated heterocycles. The summed E-state index contributed by atoms with van der Waals surface area (Å²) in [6.45, 7) is 10.3. The minimum Gasteiger partial charge on any atom is -0.378 e. The topological polar surface area (TPSA) is 76.4 Å². The van der Waals surface area contributed by atoms with Crippen molar-refractivity contribution in [1.82, 2.24) is 25.4 Å². The van der Waals surface area contributed by atoms with Gasteiger partial charge in [-0.25, -0.2) is 9.67 Å². The van der Waals surface area contributed by atoms with Gasteiger partial charge in [-0.1, -0.05) is 13.8 Å². The molecule has 2 heterocycles. The molecule has 2 N–H and O–H groups in total. The first-order valence-corrected chi connectivity index (χ1v) is 8.89.